The predicted octanol–water partition coefficient (Wildman–Crippen LogP) is 24.1. The van der Waals surface area contributed by atoms with Gasteiger partial charge in [-0.25, -0.2) is 0 Å². The van der Waals surface area contributed by atoms with Crippen LogP contribution in [0, 0.1) is 145 Å². The van der Waals surface area contributed by atoms with Crippen LogP contribution in [0.25, 0.3) is 0 Å². The summed E-state index contributed by atoms with van der Waals surface area (Å²) in [4.78, 5) is 50.5. The molecule has 0 heterocycles. The van der Waals surface area contributed by atoms with Gasteiger partial charge in [-0.2, -0.15) is 0 Å². The Kier molecular flexibility index (Phi) is 25.5. The van der Waals surface area contributed by atoms with Gasteiger partial charge in [-0.05, 0) is 388 Å². The van der Waals surface area contributed by atoms with E-state index in [4.69, 9.17) is 23.7 Å². The van der Waals surface area contributed by atoms with Gasteiger partial charge in [0, 0.05) is 10.8 Å². The van der Waals surface area contributed by atoms with Crippen LogP contribution in [0.5, 0.6) is 0 Å². The molecule has 0 saturated heterocycles. The standard InChI is InChI=1S/C20H34O2.2C19H34O2.C18H30O2.C17H28O2/c1-5-7-8-20(22-18(21)19(3,4)6-2)16-10-14-9-15(12-16)13-17(20)11-14;1-6-18(4,5)17(20)21-19(12(2)3)15-8-13-7-14(10-15)11-16(19)9-13;1-7-17(2,3)16(20)21-18(4,5)19(6)12-14-9-8-10-15(11-14)13-19;1-5-17(3,4)16(19)20-18(6-2)14-8-12-7-13(10-14)11-15(18)9-12;1-5-16(2,3)15(18)19-17(4)13-7-11-6-12(9-13)10-14(17)8-11/h14-17H,5-13H2,1-4H3;12-17,20H,6-11H2,1-5H3;14-15H,7-13H2,1-6H3;12-15H,5-11H2,1-4H3;11-14H,5-10H2,1-4H3. The highest BCUT2D eigenvalue weighted by molar-refractivity contribution is 5.78. The Hall–Kier alpha value is -2.20. The van der Waals surface area contributed by atoms with Crippen molar-refractivity contribution in [2.24, 2.45) is 145 Å². The van der Waals surface area contributed by atoms with Crippen LogP contribution in [0.2, 0.25) is 0 Å². The summed E-state index contributed by atoms with van der Waals surface area (Å²) in [6, 6.07) is 0. The zero-order valence-electron chi connectivity index (χ0n) is 70.9. The molecule has 18 aliphatic carbocycles. The van der Waals surface area contributed by atoms with Crippen molar-refractivity contribution in [3.63, 3.8) is 0 Å². The van der Waals surface area contributed by atoms with E-state index < -0.39 is 6.29 Å². The third-order valence-electron chi connectivity index (χ3n) is 34.3. The molecular weight excluding hydrogens is 1280 g/mol. The number of ether oxygens (including phenoxy) is 5. The highest BCUT2D eigenvalue weighted by atomic mass is 16.6. The van der Waals surface area contributed by atoms with Crippen molar-refractivity contribution >= 4 is 23.9 Å². The monoisotopic (exact) mass is 1440 g/mol. The predicted molar refractivity (Wildman–Crippen MR) is 418 cm³/mol. The number of hydrogen-bond acceptors (Lipinski definition) is 10. The van der Waals surface area contributed by atoms with Gasteiger partial charge in [-0.15, -0.1) is 0 Å². The minimum absolute atomic E-state index is 0.0185. The van der Waals surface area contributed by atoms with Crippen molar-refractivity contribution in [2.45, 2.75) is 418 Å². The number of rotatable bonds is 22. The molecule has 18 bridgehead atoms. The molecule has 18 rings (SSSR count). The summed E-state index contributed by atoms with van der Waals surface area (Å²) in [7, 11) is 0. The fraction of sp³-hybridized carbons (Fsp3) is 0.957. The molecular formula is C93H160O10. The summed E-state index contributed by atoms with van der Waals surface area (Å²) < 4.78 is 31.5. The maximum Gasteiger partial charge on any atom is 0.312 e. The van der Waals surface area contributed by atoms with Crippen molar-refractivity contribution in [2.75, 3.05) is 0 Å². The van der Waals surface area contributed by atoms with Gasteiger partial charge in [0.2, 0.25) is 0 Å². The van der Waals surface area contributed by atoms with E-state index in [1.165, 1.54) is 180 Å². The number of aliphatic hydroxyl groups is 1. The largest absolute Gasteiger partial charge is 0.459 e. The zero-order chi connectivity index (χ0) is 75.6. The molecule has 18 fully saturated rings. The number of unbranched alkanes of at least 4 members (excludes halogenated alkanes) is 1. The summed E-state index contributed by atoms with van der Waals surface area (Å²) in [5.74, 6) is 14.9. The number of aliphatic hydroxyl groups excluding tert-OH is 1. The third kappa shape index (κ3) is 16.7. The van der Waals surface area contributed by atoms with Crippen LogP contribution in [0.4, 0.5) is 0 Å². The summed E-state index contributed by atoms with van der Waals surface area (Å²) in [5, 5.41) is 10.8. The lowest BCUT2D eigenvalue weighted by molar-refractivity contribution is -0.309. The zero-order valence-corrected chi connectivity index (χ0v) is 70.9. The van der Waals surface area contributed by atoms with E-state index in [1.54, 1.807) is 0 Å². The molecule has 103 heavy (non-hydrogen) atoms. The van der Waals surface area contributed by atoms with Crippen molar-refractivity contribution < 1.29 is 48.0 Å². The average molecular weight is 1440 g/mol. The molecule has 0 radical (unpaired) electrons. The Morgan fingerprint density at radius 3 is 1.04 bits per heavy atom. The van der Waals surface area contributed by atoms with Gasteiger partial charge in [-0.3, -0.25) is 19.2 Å². The van der Waals surface area contributed by atoms with Crippen molar-refractivity contribution in [3.05, 3.63) is 0 Å². The van der Waals surface area contributed by atoms with Gasteiger partial charge in [0.25, 0.3) is 0 Å². The minimum Gasteiger partial charge on any atom is -0.459 e. The highest BCUT2D eigenvalue weighted by Gasteiger charge is 2.64. The van der Waals surface area contributed by atoms with Gasteiger partial charge in [0.05, 0.1) is 27.3 Å². The molecule has 0 aromatic heterocycles. The summed E-state index contributed by atoms with van der Waals surface area (Å²) >= 11 is 0. The summed E-state index contributed by atoms with van der Waals surface area (Å²) in [6.45, 7) is 48.8. The van der Waals surface area contributed by atoms with Crippen LogP contribution in [0.1, 0.15) is 384 Å². The number of hydrogen-bond donors (Lipinski definition) is 1. The van der Waals surface area contributed by atoms with Gasteiger partial charge < -0.3 is 28.8 Å². The van der Waals surface area contributed by atoms with E-state index in [0.29, 0.717) is 53.3 Å². The Balaban J connectivity index is 0.000000138. The second-order valence-electron chi connectivity index (χ2n) is 43.5. The lowest BCUT2D eigenvalue weighted by Gasteiger charge is -2.63. The Morgan fingerprint density at radius 2 is 0.709 bits per heavy atom. The molecule has 1 N–H and O–H groups in total. The topological polar surface area (TPSA) is 135 Å². The lowest BCUT2D eigenvalue weighted by Crippen LogP contribution is -2.63. The van der Waals surface area contributed by atoms with Crippen LogP contribution in [0.15, 0.2) is 0 Å². The second-order valence-corrected chi connectivity index (χ2v) is 43.5. The first-order chi connectivity index (χ1) is 48.1. The van der Waals surface area contributed by atoms with E-state index in [2.05, 4.69) is 104 Å². The summed E-state index contributed by atoms with van der Waals surface area (Å²) in [6.07, 6.45) is 43.0. The molecule has 0 aliphatic heterocycles. The van der Waals surface area contributed by atoms with E-state index >= 15 is 0 Å². The first-order valence-electron chi connectivity index (χ1n) is 44.4. The van der Waals surface area contributed by atoms with Crippen molar-refractivity contribution in [3.8, 4) is 0 Å². The molecule has 3 unspecified atom stereocenters. The van der Waals surface area contributed by atoms with E-state index in [0.717, 1.165) is 104 Å². The number of carbonyl (C=O) groups excluding carboxylic acids is 4. The van der Waals surface area contributed by atoms with Gasteiger partial charge in [-0.1, -0.05) is 109 Å². The highest BCUT2D eigenvalue weighted by Crippen LogP contribution is 2.66. The Labute approximate surface area is 631 Å². The van der Waals surface area contributed by atoms with Crippen LogP contribution in [0.3, 0.4) is 0 Å². The molecule has 10 heteroatoms. The van der Waals surface area contributed by atoms with Crippen LogP contribution in [-0.4, -0.2) is 63.3 Å². The smallest absolute Gasteiger partial charge is 0.312 e. The van der Waals surface area contributed by atoms with E-state index in [-0.39, 0.29) is 84.4 Å². The number of carbonyl (C=O) groups is 4. The molecule has 0 amide bonds. The van der Waals surface area contributed by atoms with Crippen molar-refractivity contribution in [1.29, 1.82) is 0 Å². The molecule has 0 aromatic carbocycles. The quantitative estimate of drug-likeness (QED) is 0.0634. The van der Waals surface area contributed by atoms with E-state index in [1.807, 2.05) is 55.4 Å². The molecule has 0 aromatic rings. The Morgan fingerprint density at radius 1 is 0.398 bits per heavy atom. The van der Waals surface area contributed by atoms with Gasteiger partial charge in [0.15, 0.2) is 6.29 Å². The fourth-order valence-corrected chi connectivity index (χ4v) is 25.5. The normalized spacial score (nSPS) is 40.8. The van der Waals surface area contributed by atoms with Gasteiger partial charge >= 0.3 is 23.9 Å². The molecule has 3 atom stereocenters. The fourth-order valence-electron chi connectivity index (χ4n) is 25.5. The maximum absolute atomic E-state index is 12.8. The van der Waals surface area contributed by atoms with E-state index in [9.17, 15) is 24.3 Å². The average Bonchev–Trinajstić information content (AvgIpc) is 0.740. The first kappa shape index (κ1) is 83.3. The summed E-state index contributed by atoms with van der Waals surface area (Å²) in [5.41, 5.74) is -2.28. The van der Waals surface area contributed by atoms with Gasteiger partial charge in [0.1, 0.15) is 22.4 Å². The second kappa shape index (κ2) is 31.5. The lowest BCUT2D eigenvalue weighted by atomic mass is 9.47. The SMILES string of the molecule is CCC(C)(C)C(=O)OC(C)(C)C1(C)CC2CCCC(C2)C1.CCC(C)(C)C(=O)OC1(C)C2CC3CC(C2)CC1C3.CCC(C)(C)C(=O)OC1(CC)C2CC3CC(C2)CC1C3.CCC(C)(C)C(O)OC1(C(C)C)C2CC3CC(C2)CC1C3.CCCCC1(OC(=O)C(C)(C)CC)C2CC3CC(C2)CC1C3. The number of fused-ring (bicyclic) bond motifs is 2. The maximum atomic E-state index is 12.8. The Bertz CT molecular complexity index is 2740. The molecule has 18 aliphatic rings. The van der Waals surface area contributed by atoms with Crippen LogP contribution < -0.4 is 0 Å². The number of esters is 4. The van der Waals surface area contributed by atoms with Crippen molar-refractivity contribution in [1.82, 2.24) is 0 Å². The molecule has 18 saturated carbocycles. The molecule has 592 valence electrons. The third-order valence-corrected chi connectivity index (χ3v) is 34.3. The van der Waals surface area contributed by atoms with Crippen LogP contribution in [-0.2, 0) is 42.9 Å². The minimum atomic E-state index is -0.637. The molecule has 10 nitrogen and oxygen atoms in total. The van der Waals surface area contributed by atoms with Crippen LogP contribution >= 0.6 is 0 Å². The molecule has 0 spiro atoms. The first-order valence-corrected chi connectivity index (χ1v) is 44.4.